The van der Waals surface area contributed by atoms with Gasteiger partial charge in [0, 0.05) is 18.2 Å². The molecule has 1 unspecified atom stereocenters. The molecule has 1 amide bonds. The van der Waals surface area contributed by atoms with Gasteiger partial charge < -0.3 is 9.32 Å². The standard InChI is InChI=1S/C23H25ClN4O4S/c1-4-11-27(14-21-25-26-22(32-21)18-7-5-6-8-19(18)24)23(29)16-9-10-20-17(13-16)12-15(2)28(20)33(3,30)31/h5-10,13,15H,4,11-12,14H2,1-3H3. The number of hydrogen-bond acceptors (Lipinski definition) is 6. The maximum Gasteiger partial charge on any atom is 0.254 e. The number of rotatable bonds is 7. The van der Waals surface area contributed by atoms with Crippen LogP contribution in [-0.4, -0.2) is 48.3 Å². The fraction of sp³-hybridized carbons (Fsp3) is 0.348. The Labute approximate surface area is 198 Å². The molecule has 3 aromatic rings. The van der Waals surface area contributed by atoms with Gasteiger partial charge in [0.25, 0.3) is 5.91 Å². The van der Waals surface area contributed by atoms with Crippen molar-refractivity contribution in [2.24, 2.45) is 0 Å². The first-order valence-corrected chi connectivity index (χ1v) is 12.9. The zero-order valence-electron chi connectivity index (χ0n) is 18.7. The van der Waals surface area contributed by atoms with E-state index in [0.717, 1.165) is 12.0 Å². The number of benzene rings is 2. The molecule has 1 atom stereocenters. The van der Waals surface area contributed by atoms with Crippen LogP contribution in [0.2, 0.25) is 5.02 Å². The average Bonchev–Trinajstić information content (AvgIpc) is 3.35. The van der Waals surface area contributed by atoms with Gasteiger partial charge >= 0.3 is 0 Å². The predicted molar refractivity (Wildman–Crippen MR) is 127 cm³/mol. The molecule has 33 heavy (non-hydrogen) atoms. The molecule has 0 spiro atoms. The second-order valence-electron chi connectivity index (χ2n) is 8.16. The van der Waals surface area contributed by atoms with E-state index in [4.69, 9.17) is 16.0 Å². The van der Waals surface area contributed by atoms with E-state index in [2.05, 4.69) is 10.2 Å². The third-order valence-electron chi connectivity index (χ3n) is 5.51. The summed E-state index contributed by atoms with van der Waals surface area (Å²) in [5.74, 6) is 0.430. The molecule has 0 saturated heterocycles. The molecule has 8 nitrogen and oxygen atoms in total. The topological polar surface area (TPSA) is 96.6 Å². The predicted octanol–water partition coefficient (Wildman–Crippen LogP) is 4.15. The zero-order valence-corrected chi connectivity index (χ0v) is 20.2. The van der Waals surface area contributed by atoms with Crippen molar-refractivity contribution in [3.8, 4) is 11.5 Å². The molecule has 1 aliphatic rings. The number of nitrogens with zero attached hydrogens (tertiary/aromatic N) is 4. The van der Waals surface area contributed by atoms with Crippen LogP contribution in [0.4, 0.5) is 5.69 Å². The smallest absolute Gasteiger partial charge is 0.254 e. The van der Waals surface area contributed by atoms with Gasteiger partial charge in [-0.15, -0.1) is 10.2 Å². The number of carbonyl (C=O) groups is 1. The van der Waals surface area contributed by atoms with Crippen LogP contribution in [0.25, 0.3) is 11.5 Å². The van der Waals surface area contributed by atoms with E-state index in [9.17, 15) is 13.2 Å². The molecule has 0 radical (unpaired) electrons. The van der Waals surface area contributed by atoms with Gasteiger partial charge in [-0.05, 0) is 55.7 Å². The van der Waals surface area contributed by atoms with E-state index in [1.807, 2.05) is 26.0 Å². The van der Waals surface area contributed by atoms with Gasteiger partial charge in [-0.1, -0.05) is 30.7 Å². The Balaban J connectivity index is 1.57. The first-order chi connectivity index (χ1) is 15.7. The zero-order chi connectivity index (χ0) is 23.8. The molecule has 174 valence electrons. The highest BCUT2D eigenvalue weighted by molar-refractivity contribution is 7.92. The van der Waals surface area contributed by atoms with Crippen molar-refractivity contribution < 1.29 is 17.6 Å². The van der Waals surface area contributed by atoms with Crippen LogP contribution < -0.4 is 4.31 Å². The maximum atomic E-state index is 13.3. The second-order valence-corrected chi connectivity index (χ2v) is 10.4. The summed E-state index contributed by atoms with van der Waals surface area (Å²) in [6.07, 6.45) is 2.51. The van der Waals surface area contributed by atoms with Gasteiger partial charge in [0.15, 0.2) is 0 Å². The molecule has 1 aliphatic heterocycles. The van der Waals surface area contributed by atoms with Crippen molar-refractivity contribution in [1.29, 1.82) is 0 Å². The van der Waals surface area contributed by atoms with Crippen LogP contribution in [0.5, 0.6) is 0 Å². The van der Waals surface area contributed by atoms with Crippen LogP contribution in [0, 0.1) is 0 Å². The van der Waals surface area contributed by atoms with Gasteiger partial charge in [-0.25, -0.2) is 8.42 Å². The Morgan fingerprint density at radius 2 is 2.00 bits per heavy atom. The van der Waals surface area contributed by atoms with Crippen molar-refractivity contribution in [1.82, 2.24) is 15.1 Å². The van der Waals surface area contributed by atoms with E-state index in [1.54, 1.807) is 35.2 Å². The monoisotopic (exact) mass is 488 g/mol. The highest BCUT2D eigenvalue weighted by Gasteiger charge is 2.33. The van der Waals surface area contributed by atoms with Crippen LogP contribution in [0.3, 0.4) is 0 Å². The third kappa shape index (κ3) is 4.74. The lowest BCUT2D eigenvalue weighted by molar-refractivity contribution is 0.0728. The minimum atomic E-state index is -3.39. The first-order valence-electron chi connectivity index (χ1n) is 10.7. The van der Waals surface area contributed by atoms with Gasteiger partial charge in [-0.3, -0.25) is 9.10 Å². The summed E-state index contributed by atoms with van der Waals surface area (Å²) in [6.45, 7) is 4.51. The Hall–Kier alpha value is -2.91. The molecular formula is C23H25ClN4O4S. The van der Waals surface area contributed by atoms with Crippen LogP contribution in [0.1, 0.15) is 42.1 Å². The average molecular weight is 489 g/mol. The van der Waals surface area contributed by atoms with Gasteiger partial charge in [-0.2, -0.15) is 0 Å². The SMILES string of the molecule is CCCN(Cc1nnc(-c2ccccc2Cl)o1)C(=O)c1ccc2c(c1)CC(C)N2S(C)(=O)=O. The molecule has 0 saturated carbocycles. The molecule has 10 heteroatoms. The summed E-state index contributed by atoms with van der Waals surface area (Å²) < 4.78 is 31.5. The van der Waals surface area contributed by atoms with Gasteiger partial charge in [0.05, 0.1) is 29.1 Å². The minimum Gasteiger partial charge on any atom is -0.419 e. The van der Waals surface area contributed by atoms with Gasteiger partial charge in [0.2, 0.25) is 21.8 Å². The van der Waals surface area contributed by atoms with E-state index >= 15 is 0 Å². The lowest BCUT2D eigenvalue weighted by Gasteiger charge is -2.22. The highest BCUT2D eigenvalue weighted by Crippen LogP contribution is 2.35. The van der Waals surface area contributed by atoms with E-state index in [0.29, 0.717) is 46.6 Å². The Bertz CT molecular complexity index is 1290. The molecule has 0 bridgehead atoms. The number of anilines is 1. The number of aromatic nitrogens is 2. The van der Waals surface area contributed by atoms with Gasteiger partial charge in [0.1, 0.15) is 0 Å². The van der Waals surface area contributed by atoms with Crippen LogP contribution in [0.15, 0.2) is 46.9 Å². The van der Waals surface area contributed by atoms with Crippen molar-refractivity contribution in [2.45, 2.75) is 39.3 Å². The van der Waals surface area contributed by atoms with Crippen molar-refractivity contribution in [3.05, 3.63) is 64.5 Å². The molecule has 0 N–H and O–H groups in total. The first kappa shape index (κ1) is 23.3. The summed E-state index contributed by atoms with van der Waals surface area (Å²) in [5.41, 5.74) is 2.60. The largest absolute Gasteiger partial charge is 0.419 e. The maximum absolute atomic E-state index is 13.3. The molecule has 2 aromatic carbocycles. The summed E-state index contributed by atoms with van der Waals surface area (Å²) >= 11 is 6.22. The number of sulfonamides is 1. The Morgan fingerprint density at radius 3 is 2.70 bits per heavy atom. The van der Waals surface area contributed by atoms with Crippen LogP contribution >= 0.6 is 11.6 Å². The Kier molecular flexibility index (Phi) is 6.45. The van der Waals surface area contributed by atoms with E-state index < -0.39 is 10.0 Å². The minimum absolute atomic E-state index is 0.160. The third-order valence-corrected chi connectivity index (χ3v) is 7.12. The number of carbonyl (C=O) groups excluding carboxylic acids is 1. The van der Waals surface area contributed by atoms with Crippen molar-refractivity contribution in [2.75, 3.05) is 17.1 Å². The quantitative estimate of drug-likeness (QED) is 0.495. The fourth-order valence-corrected chi connectivity index (χ4v) is 5.65. The van der Waals surface area contributed by atoms with E-state index in [1.165, 1.54) is 10.6 Å². The van der Waals surface area contributed by atoms with Crippen LogP contribution in [-0.2, 0) is 23.0 Å². The Morgan fingerprint density at radius 1 is 1.24 bits per heavy atom. The summed E-state index contributed by atoms with van der Waals surface area (Å²) in [6, 6.07) is 12.2. The van der Waals surface area contributed by atoms with E-state index in [-0.39, 0.29) is 18.5 Å². The molecular weight excluding hydrogens is 464 g/mol. The van der Waals surface area contributed by atoms with Crippen molar-refractivity contribution >= 4 is 33.2 Å². The molecule has 0 fully saturated rings. The lowest BCUT2D eigenvalue weighted by Crippen LogP contribution is -2.34. The molecule has 4 rings (SSSR count). The molecule has 2 heterocycles. The number of amides is 1. The number of halogens is 1. The second kappa shape index (κ2) is 9.15. The lowest BCUT2D eigenvalue weighted by atomic mass is 10.1. The fourth-order valence-electron chi connectivity index (χ4n) is 4.17. The normalized spacial score (nSPS) is 15.5. The molecule has 1 aromatic heterocycles. The number of fused-ring (bicyclic) bond motifs is 1. The highest BCUT2D eigenvalue weighted by atomic mass is 35.5. The molecule has 0 aliphatic carbocycles. The summed E-state index contributed by atoms with van der Waals surface area (Å²) in [7, 11) is -3.39. The summed E-state index contributed by atoms with van der Waals surface area (Å²) in [4.78, 5) is 15.0. The van der Waals surface area contributed by atoms with Crippen molar-refractivity contribution in [3.63, 3.8) is 0 Å². The number of hydrogen-bond donors (Lipinski definition) is 0. The summed E-state index contributed by atoms with van der Waals surface area (Å²) in [5, 5.41) is 8.68.